The van der Waals surface area contributed by atoms with E-state index in [0.717, 1.165) is 58.5 Å². The molecule has 0 spiro atoms. The largest absolute Gasteiger partial charge is 0.364 e. The maximum absolute atomic E-state index is 4.21. The van der Waals surface area contributed by atoms with Gasteiger partial charge in [0.2, 0.25) is 0 Å². The van der Waals surface area contributed by atoms with E-state index in [2.05, 4.69) is 104 Å². The van der Waals surface area contributed by atoms with Gasteiger partial charge in [0.1, 0.15) is 0 Å². The Bertz CT molecular complexity index is 1490. The average molecular weight is 778 g/mol. The van der Waals surface area contributed by atoms with E-state index in [4.69, 9.17) is 0 Å². The molecular weight excluding hydrogens is 703 g/mol. The van der Waals surface area contributed by atoms with Crippen LogP contribution in [-0.4, -0.2) is 51.2 Å². The summed E-state index contributed by atoms with van der Waals surface area (Å²) in [6.07, 6.45) is 24.5. The minimum Gasteiger partial charge on any atom is -0.364 e. The Hall–Kier alpha value is -3.18. The van der Waals surface area contributed by atoms with Gasteiger partial charge in [0, 0.05) is 111 Å². The Balaban J connectivity index is 1.15. The Labute approximate surface area is 343 Å². The maximum Gasteiger partial charge on any atom is 0.0360 e. The van der Waals surface area contributed by atoms with E-state index in [1.54, 1.807) is 33.4 Å². The summed E-state index contributed by atoms with van der Waals surface area (Å²) in [7, 11) is 0. The Morgan fingerprint density at radius 3 is 0.825 bits per heavy atom. The second-order valence-electron chi connectivity index (χ2n) is 17.3. The first-order valence-corrected chi connectivity index (χ1v) is 23.1. The Kier molecular flexibility index (Phi) is 16.0. The van der Waals surface area contributed by atoms with Gasteiger partial charge in [0.15, 0.2) is 0 Å². The summed E-state index contributed by atoms with van der Waals surface area (Å²) in [5.74, 6) is 0. The Morgan fingerprint density at radius 1 is 0.368 bits per heavy atom. The minimum absolute atomic E-state index is 0.472. The molecule has 0 radical (unpaired) electrons. The number of aromatic amines is 3. The predicted molar refractivity (Wildman–Crippen MR) is 236 cm³/mol. The number of benzene rings is 1. The van der Waals surface area contributed by atoms with Gasteiger partial charge in [-0.25, -0.2) is 0 Å². The van der Waals surface area contributed by atoms with E-state index in [0.29, 0.717) is 36.3 Å². The lowest BCUT2D eigenvalue weighted by atomic mass is 9.82. The summed E-state index contributed by atoms with van der Waals surface area (Å²) >= 11 is 0. The number of rotatable bonds is 21. The standard InChI is InChI=1S/C48H75N9/c1-4-37-40(31-55-46-22-10-7-19-43(46)52-28-34-16-13-25-49-34)38(5-2)42(33-57-48-24-12-9-21-45(48)54-30-36-18-15-27-51-36)39(6-3)41(37)32-56-47-23-11-8-20-44(47)53-29-35-17-14-26-50-35/h13-18,25-27,43-57H,4-12,19-24,28-33H2,1-3H3/t43-,44-,45-,46-,47-,48-/m1/s1. The van der Waals surface area contributed by atoms with Crippen molar-refractivity contribution in [1.82, 2.24) is 46.9 Å². The van der Waals surface area contributed by atoms with E-state index in [1.807, 2.05) is 18.6 Å². The lowest BCUT2D eigenvalue weighted by molar-refractivity contribution is 0.278. The van der Waals surface area contributed by atoms with E-state index in [9.17, 15) is 0 Å². The van der Waals surface area contributed by atoms with Crippen LogP contribution < -0.4 is 31.9 Å². The SMILES string of the molecule is CCc1c(CN[C@@H]2CCCC[C@H]2NCc2ccc[nH]2)c(CC)c(CN[C@@H]2CCCC[C@H]2NCc2ccc[nH]2)c(CC)c1CN[C@@H]1CCCC[C@H]1NCc1ccc[nH]1. The molecule has 0 amide bonds. The van der Waals surface area contributed by atoms with Gasteiger partial charge in [0.05, 0.1) is 0 Å². The molecule has 3 aromatic heterocycles. The van der Waals surface area contributed by atoms with Crippen LogP contribution in [0.15, 0.2) is 55.0 Å². The molecular formula is C48H75N9. The van der Waals surface area contributed by atoms with Crippen molar-refractivity contribution < 1.29 is 0 Å². The fourth-order valence-electron chi connectivity index (χ4n) is 10.7. The molecule has 4 aromatic rings. The second kappa shape index (κ2) is 21.7. The third-order valence-electron chi connectivity index (χ3n) is 13.8. The molecule has 312 valence electrons. The molecule has 9 heteroatoms. The third kappa shape index (κ3) is 11.1. The highest BCUT2D eigenvalue weighted by Crippen LogP contribution is 2.33. The van der Waals surface area contributed by atoms with Gasteiger partial charge in [-0.05, 0) is 128 Å². The predicted octanol–water partition coefficient (Wildman–Crippen LogP) is 7.93. The second-order valence-corrected chi connectivity index (χ2v) is 17.3. The molecule has 3 aliphatic carbocycles. The molecule has 3 fully saturated rings. The van der Waals surface area contributed by atoms with Crippen LogP contribution in [-0.2, 0) is 58.5 Å². The normalized spacial score (nSPS) is 24.3. The van der Waals surface area contributed by atoms with Crippen LogP contribution >= 0.6 is 0 Å². The number of H-pyrrole nitrogens is 3. The van der Waals surface area contributed by atoms with Crippen molar-refractivity contribution in [2.24, 2.45) is 0 Å². The molecule has 3 aliphatic rings. The van der Waals surface area contributed by atoms with Crippen LogP contribution in [0.25, 0.3) is 0 Å². The first-order chi connectivity index (χ1) is 28.1. The van der Waals surface area contributed by atoms with Gasteiger partial charge in [-0.2, -0.15) is 0 Å². The highest BCUT2D eigenvalue weighted by molar-refractivity contribution is 5.53. The van der Waals surface area contributed by atoms with Crippen molar-refractivity contribution in [2.75, 3.05) is 0 Å². The lowest BCUT2D eigenvalue weighted by Crippen LogP contribution is -2.50. The highest BCUT2D eigenvalue weighted by atomic mass is 15.1. The van der Waals surface area contributed by atoms with Crippen molar-refractivity contribution in [3.63, 3.8) is 0 Å². The van der Waals surface area contributed by atoms with Gasteiger partial charge in [0.25, 0.3) is 0 Å². The number of hydrogen-bond donors (Lipinski definition) is 9. The van der Waals surface area contributed by atoms with Crippen molar-refractivity contribution in [2.45, 2.75) is 193 Å². The molecule has 7 rings (SSSR count). The van der Waals surface area contributed by atoms with E-state index in [1.165, 1.54) is 94.1 Å². The molecule has 0 unspecified atom stereocenters. The number of aromatic nitrogens is 3. The zero-order valence-electron chi connectivity index (χ0n) is 35.5. The van der Waals surface area contributed by atoms with E-state index in [-0.39, 0.29) is 0 Å². The molecule has 0 aliphatic heterocycles. The molecule has 0 bridgehead atoms. The van der Waals surface area contributed by atoms with Crippen molar-refractivity contribution >= 4 is 0 Å². The molecule has 3 heterocycles. The highest BCUT2D eigenvalue weighted by Gasteiger charge is 2.30. The zero-order valence-corrected chi connectivity index (χ0v) is 35.5. The Morgan fingerprint density at radius 2 is 0.614 bits per heavy atom. The summed E-state index contributed by atoms with van der Waals surface area (Å²) in [5, 5.41) is 24.4. The van der Waals surface area contributed by atoms with Crippen molar-refractivity contribution in [1.29, 1.82) is 0 Å². The minimum atomic E-state index is 0.472. The summed E-state index contributed by atoms with van der Waals surface area (Å²) in [5.41, 5.74) is 13.3. The molecule has 6 atom stereocenters. The first kappa shape index (κ1) is 42.0. The molecule has 1 aromatic carbocycles. The van der Waals surface area contributed by atoms with Gasteiger partial charge < -0.3 is 46.9 Å². The van der Waals surface area contributed by atoms with Crippen LogP contribution in [0.4, 0.5) is 0 Å². The number of hydrogen-bond acceptors (Lipinski definition) is 6. The fraction of sp³-hybridized carbons (Fsp3) is 0.625. The van der Waals surface area contributed by atoms with Crippen LogP contribution in [0.5, 0.6) is 0 Å². The summed E-state index contributed by atoms with van der Waals surface area (Å²) in [4.78, 5) is 10.2. The van der Waals surface area contributed by atoms with Gasteiger partial charge in [-0.1, -0.05) is 59.3 Å². The zero-order chi connectivity index (χ0) is 39.2. The molecule has 9 nitrogen and oxygen atoms in total. The third-order valence-corrected chi connectivity index (χ3v) is 13.8. The van der Waals surface area contributed by atoms with Crippen LogP contribution in [0.3, 0.4) is 0 Å². The smallest absolute Gasteiger partial charge is 0.0360 e. The molecule has 0 saturated heterocycles. The first-order valence-electron chi connectivity index (χ1n) is 23.1. The van der Waals surface area contributed by atoms with Crippen LogP contribution in [0.2, 0.25) is 0 Å². The quantitative estimate of drug-likeness (QED) is 0.0425. The molecule has 57 heavy (non-hydrogen) atoms. The molecule has 9 N–H and O–H groups in total. The topological polar surface area (TPSA) is 120 Å². The van der Waals surface area contributed by atoms with Gasteiger partial charge in [-0.3, -0.25) is 0 Å². The molecule has 3 saturated carbocycles. The number of nitrogens with one attached hydrogen (secondary N) is 9. The monoisotopic (exact) mass is 778 g/mol. The summed E-state index contributed by atoms with van der Waals surface area (Å²) in [6, 6.07) is 15.8. The van der Waals surface area contributed by atoms with Crippen molar-refractivity contribution in [3.8, 4) is 0 Å². The van der Waals surface area contributed by atoms with E-state index >= 15 is 0 Å². The van der Waals surface area contributed by atoms with Crippen molar-refractivity contribution in [3.05, 3.63) is 105 Å². The van der Waals surface area contributed by atoms with Gasteiger partial charge in [-0.15, -0.1) is 0 Å². The summed E-state index contributed by atoms with van der Waals surface area (Å²) in [6.45, 7) is 12.7. The van der Waals surface area contributed by atoms with Crippen LogP contribution in [0.1, 0.15) is 148 Å². The van der Waals surface area contributed by atoms with Gasteiger partial charge >= 0.3 is 0 Å². The maximum atomic E-state index is 4.21. The average Bonchev–Trinajstić information content (AvgIpc) is 4.08. The fourth-order valence-corrected chi connectivity index (χ4v) is 10.7. The summed E-state index contributed by atoms with van der Waals surface area (Å²) < 4.78 is 0. The van der Waals surface area contributed by atoms with Crippen LogP contribution in [0, 0.1) is 0 Å². The lowest BCUT2D eigenvalue weighted by Gasteiger charge is -2.36. The van der Waals surface area contributed by atoms with E-state index < -0.39 is 0 Å².